The lowest BCUT2D eigenvalue weighted by Gasteiger charge is -2.16. The lowest BCUT2D eigenvalue weighted by molar-refractivity contribution is -0.145. The van der Waals surface area contributed by atoms with E-state index in [1.165, 1.54) is 0 Å². The molecule has 0 aliphatic heterocycles. The van der Waals surface area contributed by atoms with Crippen LogP contribution in [0.3, 0.4) is 0 Å². The van der Waals surface area contributed by atoms with Gasteiger partial charge in [-0.05, 0) is 34.5 Å². The third kappa shape index (κ3) is 3.13. The van der Waals surface area contributed by atoms with Crippen LogP contribution in [0.4, 0.5) is 5.69 Å². The van der Waals surface area contributed by atoms with E-state index in [9.17, 15) is 4.79 Å². The molecule has 0 aliphatic rings. The van der Waals surface area contributed by atoms with Gasteiger partial charge in [-0.15, -0.1) is 0 Å². The Morgan fingerprint density at radius 1 is 1.62 bits per heavy atom. The van der Waals surface area contributed by atoms with Crippen LogP contribution in [0.5, 0.6) is 5.75 Å². The van der Waals surface area contributed by atoms with E-state index < -0.39 is 12.1 Å². The second kappa shape index (κ2) is 5.75. The molecule has 0 radical (unpaired) electrons. The molecule has 0 aliphatic carbocycles. The average molecular weight is 288 g/mol. The summed E-state index contributed by atoms with van der Waals surface area (Å²) in [5.74, 6) is -0.583. The van der Waals surface area contributed by atoms with Crippen LogP contribution in [0.15, 0.2) is 22.7 Å². The van der Waals surface area contributed by atoms with Crippen molar-refractivity contribution in [1.82, 2.24) is 0 Å². The van der Waals surface area contributed by atoms with E-state index in [0.29, 0.717) is 22.3 Å². The van der Waals surface area contributed by atoms with Crippen LogP contribution in [0, 0.1) is 0 Å². The fraction of sp³-hybridized carbons (Fsp3) is 0.364. The molecular weight excluding hydrogens is 274 g/mol. The highest BCUT2D eigenvalue weighted by molar-refractivity contribution is 9.10. The Balaban J connectivity index is 2.89. The normalized spacial score (nSPS) is 12.1. The number of para-hydroxylation sites is 1. The molecule has 0 spiro atoms. The summed E-state index contributed by atoms with van der Waals surface area (Å²) < 4.78 is 6.07. The van der Waals surface area contributed by atoms with Crippen molar-refractivity contribution in [3.05, 3.63) is 22.7 Å². The van der Waals surface area contributed by atoms with E-state index in [4.69, 9.17) is 15.6 Å². The summed E-state index contributed by atoms with van der Waals surface area (Å²) >= 11 is 3.28. The van der Waals surface area contributed by atoms with Gasteiger partial charge in [0, 0.05) is 0 Å². The van der Waals surface area contributed by atoms with Gasteiger partial charge in [-0.25, -0.2) is 4.79 Å². The quantitative estimate of drug-likeness (QED) is 0.817. The maximum atomic E-state index is 10.9. The van der Waals surface area contributed by atoms with Gasteiger partial charge >= 0.3 is 5.97 Å². The van der Waals surface area contributed by atoms with Gasteiger partial charge in [-0.1, -0.05) is 19.4 Å². The first-order valence-corrected chi connectivity index (χ1v) is 5.79. The highest BCUT2D eigenvalue weighted by Crippen LogP contribution is 2.32. The molecule has 1 rings (SSSR count). The van der Waals surface area contributed by atoms with Gasteiger partial charge in [0.25, 0.3) is 0 Å². The highest BCUT2D eigenvalue weighted by Gasteiger charge is 2.20. The topological polar surface area (TPSA) is 72.5 Å². The number of carboxylic acid groups (broad SMARTS) is 1. The Bertz CT molecular complexity index is 361. The molecule has 5 heteroatoms. The summed E-state index contributed by atoms with van der Waals surface area (Å²) in [7, 11) is 0. The van der Waals surface area contributed by atoms with Crippen molar-refractivity contribution in [3.8, 4) is 5.75 Å². The van der Waals surface area contributed by atoms with Gasteiger partial charge in [0.05, 0.1) is 10.2 Å². The summed E-state index contributed by atoms with van der Waals surface area (Å²) in [5, 5.41) is 8.97. The van der Waals surface area contributed by atoms with Crippen molar-refractivity contribution in [2.24, 2.45) is 0 Å². The Morgan fingerprint density at radius 2 is 2.31 bits per heavy atom. The van der Waals surface area contributed by atoms with Gasteiger partial charge in [-0.2, -0.15) is 0 Å². The molecule has 0 fully saturated rings. The molecule has 1 aromatic rings. The van der Waals surface area contributed by atoms with E-state index >= 15 is 0 Å². The molecule has 4 nitrogen and oxygen atoms in total. The first-order chi connectivity index (χ1) is 7.56. The first-order valence-electron chi connectivity index (χ1n) is 4.99. The number of anilines is 1. The predicted molar refractivity (Wildman–Crippen MR) is 65.5 cm³/mol. The molecule has 0 bridgehead atoms. The van der Waals surface area contributed by atoms with Crippen LogP contribution in [0.1, 0.15) is 19.8 Å². The molecule has 0 heterocycles. The molecule has 16 heavy (non-hydrogen) atoms. The number of hydrogen-bond donors (Lipinski definition) is 2. The van der Waals surface area contributed by atoms with Gasteiger partial charge in [0.2, 0.25) is 0 Å². The Labute approximate surface area is 103 Å². The van der Waals surface area contributed by atoms with Gasteiger partial charge in [0.15, 0.2) is 11.9 Å². The molecule has 3 N–H and O–H groups in total. The van der Waals surface area contributed by atoms with Crippen molar-refractivity contribution in [3.63, 3.8) is 0 Å². The van der Waals surface area contributed by atoms with Crippen LogP contribution < -0.4 is 10.5 Å². The van der Waals surface area contributed by atoms with Crippen LogP contribution >= 0.6 is 15.9 Å². The standard InChI is InChI=1S/C11H14BrNO3/c1-2-4-9(11(14)15)16-10-7(12)5-3-6-8(10)13/h3,5-6,9H,2,4,13H2,1H3,(H,14,15). The lowest BCUT2D eigenvalue weighted by Crippen LogP contribution is -2.27. The van der Waals surface area contributed by atoms with E-state index in [1.54, 1.807) is 18.2 Å². The average Bonchev–Trinajstić information content (AvgIpc) is 2.21. The summed E-state index contributed by atoms with van der Waals surface area (Å²) in [6.45, 7) is 1.91. The van der Waals surface area contributed by atoms with Crippen molar-refractivity contribution >= 4 is 27.6 Å². The number of nitrogens with two attached hydrogens (primary N) is 1. The number of rotatable bonds is 5. The summed E-state index contributed by atoms with van der Waals surface area (Å²) in [6.07, 6.45) is 0.336. The first kappa shape index (κ1) is 12.8. The van der Waals surface area contributed by atoms with Gasteiger partial charge in [-0.3, -0.25) is 0 Å². The van der Waals surface area contributed by atoms with Crippen LogP contribution in [-0.2, 0) is 4.79 Å². The predicted octanol–water partition coefficient (Wildman–Crippen LogP) is 2.66. The lowest BCUT2D eigenvalue weighted by atomic mass is 10.2. The summed E-state index contributed by atoms with van der Waals surface area (Å²) in [4.78, 5) is 10.9. The highest BCUT2D eigenvalue weighted by atomic mass is 79.9. The van der Waals surface area contributed by atoms with E-state index in [0.717, 1.165) is 6.42 Å². The number of halogens is 1. The number of carboxylic acids is 1. The molecule has 0 aromatic heterocycles. The maximum absolute atomic E-state index is 10.9. The SMILES string of the molecule is CCCC(Oc1c(N)cccc1Br)C(=O)O. The monoisotopic (exact) mass is 287 g/mol. The zero-order chi connectivity index (χ0) is 12.1. The number of carbonyl (C=O) groups is 1. The van der Waals surface area contributed by atoms with Gasteiger partial charge < -0.3 is 15.6 Å². The number of hydrogen-bond acceptors (Lipinski definition) is 3. The summed E-state index contributed by atoms with van der Waals surface area (Å²) in [5.41, 5.74) is 6.15. The second-order valence-corrected chi connectivity index (χ2v) is 4.25. The van der Waals surface area contributed by atoms with Crippen LogP contribution in [0.2, 0.25) is 0 Å². The molecule has 1 atom stereocenters. The summed E-state index contributed by atoms with van der Waals surface area (Å²) in [6, 6.07) is 5.20. The van der Waals surface area contributed by atoms with Crippen molar-refractivity contribution < 1.29 is 14.6 Å². The fourth-order valence-electron chi connectivity index (χ4n) is 1.29. The molecular formula is C11H14BrNO3. The molecule has 0 saturated heterocycles. The second-order valence-electron chi connectivity index (χ2n) is 3.39. The molecule has 0 amide bonds. The molecule has 1 unspecified atom stereocenters. The van der Waals surface area contributed by atoms with E-state index in [-0.39, 0.29) is 0 Å². The fourth-order valence-corrected chi connectivity index (χ4v) is 1.76. The number of aliphatic carboxylic acids is 1. The Morgan fingerprint density at radius 3 is 2.81 bits per heavy atom. The molecule has 1 aromatic carbocycles. The third-order valence-corrected chi connectivity index (χ3v) is 2.71. The van der Waals surface area contributed by atoms with Crippen LogP contribution in [0.25, 0.3) is 0 Å². The van der Waals surface area contributed by atoms with Gasteiger partial charge in [0.1, 0.15) is 0 Å². The number of benzene rings is 1. The zero-order valence-corrected chi connectivity index (χ0v) is 10.5. The smallest absolute Gasteiger partial charge is 0.344 e. The Hall–Kier alpha value is -1.23. The molecule has 88 valence electrons. The Kier molecular flexibility index (Phi) is 4.61. The van der Waals surface area contributed by atoms with E-state index in [1.807, 2.05) is 6.92 Å². The minimum Gasteiger partial charge on any atom is -0.479 e. The van der Waals surface area contributed by atoms with Crippen LogP contribution in [-0.4, -0.2) is 17.2 Å². The van der Waals surface area contributed by atoms with E-state index in [2.05, 4.69) is 15.9 Å². The minimum atomic E-state index is -0.975. The van der Waals surface area contributed by atoms with Crippen molar-refractivity contribution in [1.29, 1.82) is 0 Å². The zero-order valence-electron chi connectivity index (χ0n) is 8.94. The van der Waals surface area contributed by atoms with Crippen molar-refractivity contribution in [2.75, 3.05) is 5.73 Å². The number of ether oxygens (including phenoxy) is 1. The number of nitrogen functional groups attached to an aromatic ring is 1. The van der Waals surface area contributed by atoms with Crippen molar-refractivity contribution in [2.45, 2.75) is 25.9 Å². The molecule has 0 saturated carbocycles. The largest absolute Gasteiger partial charge is 0.479 e. The minimum absolute atomic E-state index is 0.392. The maximum Gasteiger partial charge on any atom is 0.344 e. The third-order valence-electron chi connectivity index (χ3n) is 2.08.